The lowest BCUT2D eigenvalue weighted by molar-refractivity contribution is -0.135. The van der Waals surface area contributed by atoms with Crippen molar-refractivity contribution in [2.24, 2.45) is 10.4 Å². The molecule has 0 aromatic heterocycles. The van der Waals surface area contributed by atoms with Crippen molar-refractivity contribution in [1.82, 2.24) is 4.90 Å². The number of Topliss-reactive ketones (excluding diaryl/α,β-unsaturated/α-hetero) is 1. The molecule has 0 fully saturated rings. The first kappa shape index (κ1) is 20.4. The maximum atomic E-state index is 13.1. The van der Waals surface area contributed by atoms with Gasteiger partial charge in [0.25, 0.3) is 0 Å². The van der Waals surface area contributed by atoms with Gasteiger partial charge in [-0.25, -0.2) is 0 Å². The minimum absolute atomic E-state index is 0.00144. The van der Waals surface area contributed by atoms with Crippen LogP contribution in [-0.4, -0.2) is 54.8 Å². The summed E-state index contributed by atoms with van der Waals surface area (Å²) in [7, 11) is 3.25. The van der Waals surface area contributed by atoms with Crippen LogP contribution in [0.3, 0.4) is 0 Å². The van der Waals surface area contributed by atoms with E-state index in [2.05, 4.69) is 23.7 Å². The number of ketones is 1. The molecule has 7 nitrogen and oxygen atoms in total. The first-order valence-electron chi connectivity index (χ1n) is 10.3. The Morgan fingerprint density at radius 2 is 1.93 bits per heavy atom. The number of hydrogen-bond acceptors (Lipinski definition) is 6. The van der Waals surface area contributed by atoms with Gasteiger partial charge in [0.15, 0.2) is 17.3 Å². The van der Waals surface area contributed by atoms with Crippen LogP contribution in [0.5, 0.6) is 11.5 Å². The number of carbonyl (C=O) groups is 2. The number of nitrogens with zero attached hydrogens (tertiary/aromatic N) is 2. The first-order valence-corrected chi connectivity index (χ1v) is 10.3. The molecular formula is C23H28N2O5. The Kier molecular flexibility index (Phi) is 5.08. The molecule has 0 saturated heterocycles. The van der Waals surface area contributed by atoms with Crippen LogP contribution in [0.4, 0.5) is 0 Å². The lowest BCUT2D eigenvalue weighted by atomic mass is 9.71. The van der Waals surface area contributed by atoms with Gasteiger partial charge in [0, 0.05) is 25.1 Å². The molecule has 1 aromatic rings. The Bertz CT molecular complexity index is 976. The quantitative estimate of drug-likeness (QED) is 0.817. The number of methoxy groups -OCH3 is 2. The average molecular weight is 412 g/mol. The molecule has 7 heteroatoms. The molecule has 0 bridgehead atoms. The van der Waals surface area contributed by atoms with Gasteiger partial charge in [-0.1, -0.05) is 13.8 Å². The molecule has 0 saturated carbocycles. The molecule has 0 amide bonds. The molecule has 1 atom stereocenters. The van der Waals surface area contributed by atoms with Crippen LogP contribution in [-0.2, 0) is 16.0 Å². The molecule has 1 aromatic carbocycles. The van der Waals surface area contributed by atoms with Crippen LogP contribution >= 0.6 is 0 Å². The Balaban J connectivity index is 1.85. The summed E-state index contributed by atoms with van der Waals surface area (Å²) in [6.45, 7) is 4.70. The Hall–Kier alpha value is -2.83. The van der Waals surface area contributed by atoms with E-state index in [1.165, 1.54) is 5.56 Å². The number of rotatable bonds is 4. The van der Waals surface area contributed by atoms with Crippen LogP contribution < -0.4 is 9.47 Å². The number of aliphatic imine (C=N–C) groups is 1. The highest BCUT2D eigenvalue weighted by Gasteiger charge is 2.44. The highest BCUT2D eigenvalue weighted by atomic mass is 16.5. The maximum absolute atomic E-state index is 13.1. The SMILES string of the molecule is COc1cc2c(cc1OC)[C@@H]1CC(=NCC(=O)O)C3=C(CC(C)(C)CC3=O)N1CC2. The molecule has 0 radical (unpaired) electrons. The van der Waals surface area contributed by atoms with E-state index in [-0.39, 0.29) is 23.8 Å². The third-order valence-electron chi connectivity index (χ3n) is 6.28. The number of benzene rings is 1. The standard InChI is InChI=1S/C23H28N2O5/c1-23(2)10-17-22(18(26)11-23)15(24-12-21(27)28)9-16-14-8-20(30-4)19(29-3)7-13(14)5-6-25(16)17/h7-8,16H,5-6,9-12H2,1-4H3,(H,27,28)/t16-/m0/s1. The predicted molar refractivity (Wildman–Crippen MR) is 112 cm³/mol. The van der Waals surface area contributed by atoms with Crippen molar-refractivity contribution in [3.63, 3.8) is 0 Å². The Labute approximate surface area is 176 Å². The van der Waals surface area contributed by atoms with E-state index in [1.807, 2.05) is 12.1 Å². The maximum Gasteiger partial charge on any atom is 0.325 e. The van der Waals surface area contributed by atoms with Crippen molar-refractivity contribution in [2.45, 2.75) is 45.6 Å². The summed E-state index contributed by atoms with van der Waals surface area (Å²) in [4.78, 5) is 30.9. The highest BCUT2D eigenvalue weighted by molar-refractivity contribution is 6.24. The molecular weight excluding hydrogens is 384 g/mol. The lowest BCUT2D eigenvalue weighted by Gasteiger charge is -2.48. The third kappa shape index (κ3) is 3.46. The zero-order valence-corrected chi connectivity index (χ0v) is 17.9. The van der Waals surface area contributed by atoms with Crippen LogP contribution in [0.1, 0.15) is 50.3 Å². The molecule has 0 unspecified atom stereocenters. The fraction of sp³-hybridized carbons (Fsp3) is 0.522. The van der Waals surface area contributed by atoms with Gasteiger partial charge in [0.05, 0.1) is 31.5 Å². The molecule has 30 heavy (non-hydrogen) atoms. The number of carboxylic acid groups (broad SMARTS) is 1. The van der Waals surface area contributed by atoms with Gasteiger partial charge in [-0.3, -0.25) is 14.6 Å². The van der Waals surface area contributed by atoms with Crippen LogP contribution in [0.2, 0.25) is 0 Å². The van der Waals surface area contributed by atoms with Gasteiger partial charge in [-0.15, -0.1) is 0 Å². The lowest BCUT2D eigenvalue weighted by Crippen LogP contribution is -2.45. The predicted octanol–water partition coefficient (Wildman–Crippen LogP) is 3.18. The number of aliphatic carboxylic acids is 1. The van der Waals surface area contributed by atoms with Crippen LogP contribution in [0.25, 0.3) is 0 Å². The zero-order valence-electron chi connectivity index (χ0n) is 17.9. The number of carboxylic acids is 1. The fourth-order valence-corrected chi connectivity index (χ4v) is 5.02. The summed E-state index contributed by atoms with van der Waals surface area (Å²) >= 11 is 0. The number of hydrogen-bond donors (Lipinski definition) is 1. The first-order chi connectivity index (χ1) is 14.2. The number of fused-ring (bicyclic) bond motifs is 4. The average Bonchev–Trinajstić information content (AvgIpc) is 2.69. The number of allylic oxidation sites excluding steroid dienone is 2. The van der Waals surface area contributed by atoms with Crippen molar-refractivity contribution in [2.75, 3.05) is 27.3 Å². The molecule has 1 N–H and O–H groups in total. The third-order valence-corrected chi connectivity index (χ3v) is 6.28. The summed E-state index contributed by atoms with van der Waals surface area (Å²) in [6, 6.07) is 4.04. The van der Waals surface area contributed by atoms with Crippen molar-refractivity contribution in [3.8, 4) is 11.5 Å². The van der Waals surface area contributed by atoms with E-state index in [9.17, 15) is 9.59 Å². The zero-order chi connectivity index (χ0) is 21.6. The van der Waals surface area contributed by atoms with Crippen LogP contribution in [0.15, 0.2) is 28.4 Å². The van der Waals surface area contributed by atoms with E-state index in [0.29, 0.717) is 35.6 Å². The minimum atomic E-state index is -0.994. The number of ether oxygens (including phenoxy) is 2. The van der Waals surface area contributed by atoms with Gasteiger partial charge in [-0.05, 0) is 41.5 Å². The number of carbonyl (C=O) groups excluding carboxylic acids is 1. The fourth-order valence-electron chi connectivity index (χ4n) is 5.02. The summed E-state index contributed by atoms with van der Waals surface area (Å²) in [5.41, 5.74) is 4.47. The normalized spacial score (nSPS) is 23.6. The second-order valence-electron chi connectivity index (χ2n) is 8.99. The van der Waals surface area contributed by atoms with E-state index in [4.69, 9.17) is 14.6 Å². The van der Waals surface area contributed by atoms with Gasteiger partial charge in [-0.2, -0.15) is 0 Å². The largest absolute Gasteiger partial charge is 0.493 e. The van der Waals surface area contributed by atoms with Gasteiger partial charge in [0.1, 0.15) is 6.54 Å². The van der Waals surface area contributed by atoms with Crippen molar-refractivity contribution in [1.29, 1.82) is 0 Å². The Morgan fingerprint density at radius 3 is 2.60 bits per heavy atom. The molecule has 3 aliphatic rings. The van der Waals surface area contributed by atoms with Gasteiger partial charge in [0.2, 0.25) is 0 Å². The van der Waals surface area contributed by atoms with Crippen LogP contribution in [0, 0.1) is 5.41 Å². The Morgan fingerprint density at radius 1 is 1.23 bits per heavy atom. The summed E-state index contributed by atoms with van der Waals surface area (Å²) in [5, 5.41) is 9.16. The summed E-state index contributed by atoms with van der Waals surface area (Å²) < 4.78 is 11.0. The summed E-state index contributed by atoms with van der Waals surface area (Å²) in [5.74, 6) is 0.448. The van der Waals surface area contributed by atoms with Crippen molar-refractivity contribution < 1.29 is 24.2 Å². The molecule has 2 aliphatic heterocycles. The van der Waals surface area contributed by atoms with Gasteiger partial charge >= 0.3 is 5.97 Å². The smallest absolute Gasteiger partial charge is 0.325 e. The van der Waals surface area contributed by atoms with E-state index in [1.54, 1.807) is 14.2 Å². The molecule has 2 heterocycles. The van der Waals surface area contributed by atoms with E-state index >= 15 is 0 Å². The minimum Gasteiger partial charge on any atom is -0.493 e. The van der Waals surface area contributed by atoms with Gasteiger partial charge < -0.3 is 19.5 Å². The molecule has 4 rings (SSSR count). The second-order valence-corrected chi connectivity index (χ2v) is 8.99. The molecule has 1 aliphatic carbocycles. The molecule has 0 spiro atoms. The monoisotopic (exact) mass is 412 g/mol. The topological polar surface area (TPSA) is 88.4 Å². The second kappa shape index (κ2) is 7.45. The molecule has 160 valence electrons. The summed E-state index contributed by atoms with van der Waals surface area (Å²) in [6.07, 6.45) is 2.59. The van der Waals surface area contributed by atoms with E-state index < -0.39 is 5.97 Å². The highest BCUT2D eigenvalue weighted by Crippen LogP contribution is 2.49. The van der Waals surface area contributed by atoms with Crippen molar-refractivity contribution in [3.05, 3.63) is 34.5 Å². The van der Waals surface area contributed by atoms with Crippen molar-refractivity contribution >= 4 is 17.5 Å². The van der Waals surface area contributed by atoms with E-state index in [0.717, 1.165) is 30.6 Å².